The molecule has 0 heterocycles. The lowest BCUT2D eigenvalue weighted by molar-refractivity contribution is -0.116. The first-order valence-corrected chi connectivity index (χ1v) is 6.30. The zero-order chi connectivity index (χ0) is 12.3. The van der Waals surface area contributed by atoms with Crippen LogP contribution in [0.2, 0.25) is 0 Å². The lowest BCUT2D eigenvalue weighted by Gasteiger charge is -2.05. The van der Waals surface area contributed by atoms with Gasteiger partial charge in [0.2, 0.25) is 5.91 Å². The molecule has 1 aromatic rings. The number of hydrogen-bond acceptors (Lipinski definition) is 2. The average molecular weight is 296 g/mol. The lowest BCUT2D eigenvalue weighted by atomic mass is 10.2. The summed E-state index contributed by atoms with van der Waals surface area (Å²) in [4.78, 5) is 11.5. The molecule has 0 saturated heterocycles. The van der Waals surface area contributed by atoms with Crippen LogP contribution in [0.25, 0.3) is 6.08 Å². The number of halogens is 1. The van der Waals surface area contributed by atoms with E-state index >= 15 is 0 Å². The summed E-state index contributed by atoms with van der Waals surface area (Å²) in [5.74, 6) is 0.707. The molecule has 0 atom stereocenters. The third kappa shape index (κ3) is 3.60. The standard InChI is InChI=1S/C13H14BrNO2/c1-17-12-6-3-10(14)8-9(12)2-7-13(16)15-11-4-5-11/h2-3,6-8,11H,4-5H2,1H3,(H,15,16). The monoisotopic (exact) mass is 295 g/mol. The van der Waals surface area contributed by atoms with E-state index < -0.39 is 0 Å². The van der Waals surface area contributed by atoms with E-state index in [4.69, 9.17) is 4.74 Å². The summed E-state index contributed by atoms with van der Waals surface area (Å²) in [6.45, 7) is 0. The van der Waals surface area contributed by atoms with Crippen molar-refractivity contribution in [3.05, 3.63) is 34.3 Å². The normalized spacial score (nSPS) is 14.9. The summed E-state index contributed by atoms with van der Waals surface area (Å²) in [7, 11) is 1.62. The maximum absolute atomic E-state index is 11.5. The highest BCUT2D eigenvalue weighted by molar-refractivity contribution is 9.10. The van der Waals surface area contributed by atoms with Crippen molar-refractivity contribution < 1.29 is 9.53 Å². The Labute approximate surface area is 109 Å². The number of benzene rings is 1. The molecule has 4 heteroatoms. The SMILES string of the molecule is COc1ccc(Br)cc1C=CC(=O)NC1CC1. The van der Waals surface area contributed by atoms with Gasteiger partial charge >= 0.3 is 0 Å². The summed E-state index contributed by atoms with van der Waals surface area (Å²) in [5.41, 5.74) is 0.882. The van der Waals surface area contributed by atoms with Gasteiger partial charge in [0.25, 0.3) is 0 Å². The predicted octanol–water partition coefficient (Wildman–Crippen LogP) is 2.75. The van der Waals surface area contributed by atoms with Crippen LogP contribution in [-0.2, 0) is 4.79 Å². The molecule has 1 N–H and O–H groups in total. The van der Waals surface area contributed by atoms with Crippen LogP contribution in [0.5, 0.6) is 5.75 Å². The van der Waals surface area contributed by atoms with Crippen LogP contribution in [0.15, 0.2) is 28.7 Å². The molecule has 1 aliphatic rings. The minimum absolute atomic E-state index is 0.0467. The number of methoxy groups -OCH3 is 1. The van der Waals surface area contributed by atoms with Crippen LogP contribution in [-0.4, -0.2) is 19.1 Å². The Bertz CT molecular complexity index is 453. The van der Waals surface area contributed by atoms with Crippen molar-refractivity contribution >= 4 is 27.9 Å². The quantitative estimate of drug-likeness (QED) is 0.868. The van der Waals surface area contributed by atoms with Crippen molar-refractivity contribution in [2.45, 2.75) is 18.9 Å². The average Bonchev–Trinajstić information content (AvgIpc) is 3.10. The van der Waals surface area contributed by atoms with Crippen molar-refractivity contribution in [3.8, 4) is 5.75 Å². The highest BCUT2D eigenvalue weighted by atomic mass is 79.9. The molecular weight excluding hydrogens is 282 g/mol. The molecule has 0 unspecified atom stereocenters. The van der Waals surface area contributed by atoms with Gasteiger partial charge < -0.3 is 10.1 Å². The second kappa shape index (κ2) is 5.36. The topological polar surface area (TPSA) is 38.3 Å². The number of nitrogens with one attached hydrogen (secondary N) is 1. The van der Waals surface area contributed by atoms with Crippen LogP contribution in [0.4, 0.5) is 0 Å². The molecule has 0 aromatic heterocycles. The zero-order valence-corrected chi connectivity index (χ0v) is 11.2. The van der Waals surface area contributed by atoms with Crippen molar-refractivity contribution in [3.63, 3.8) is 0 Å². The number of amides is 1. The second-order valence-electron chi connectivity index (χ2n) is 4.00. The van der Waals surface area contributed by atoms with Crippen molar-refractivity contribution in [2.24, 2.45) is 0 Å². The van der Waals surface area contributed by atoms with Gasteiger partial charge in [0.1, 0.15) is 5.75 Å². The smallest absolute Gasteiger partial charge is 0.244 e. The Balaban J connectivity index is 2.07. The molecule has 0 aliphatic heterocycles. The third-order valence-electron chi connectivity index (χ3n) is 2.53. The van der Waals surface area contributed by atoms with E-state index in [0.29, 0.717) is 6.04 Å². The summed E-state index contributed by atoms with van der Waals surface area (Å²) >= 11 is 3.39. The Hall–Kier alpha value is -1.29. The van der Waals surface area contributed by atoms with Gasteiger partial charge in [-0.2, -0.15) is 0 Å². The molecular formula is C13H14BrNO2. The largest absolute Gasteiger partial charge is 0.496 e. The molecule has 0 spiro atoms. The second-order valence-corrected chi connectivity index (χ2v) is 4.92. The first-order valence-electron chi connectivity index (χ1n) is 5.51. The van der Waals surface area contributed by atoms with Crippen LogP contribution in [0, 0.1) is 0 Å². The number of carbonyl (C=O) groups excluding carboxylic acids is 1. The minimum Gasteiger partial charge on any atom is -0.496 e. The first kappa shape index (κ1) is 12.2. The number of rotatable bonds is 4. The van der Waals surface area contributed by atoms with Crippen LogP contribution in [0.3, 0.4) is 0 Å². The lowest BCUT2D eigenvalue weighted by Crippen LogP contribution is -2.22. The van der Waals surface area contributed by atoms with Crippen LogP contribution < -0.4 is 10.1 Å². The molecule has 1 aromatic carbocycles. The molecule has 0 bridgehead atoms. The van der Waals surface area contributed by atoms with Crippen molar-refractivity contribution in [1.82, 2.24) is 5.32 Å². The van der Waals surface area contributed by atoms with E-state index in [9.17, 15) is 4.79 Å². The molecule has 1 saturated carbocycles. The summed E-state index contributed by atoms with van der Waals surface area (Å²) in [6, 6.07) is 6.07. The van der Waals surface area contributed by atoms with E-state index in [1.54, 1.807) is 19.3 Å². The van der Waals surface area contributed by atoms with Gasteiger partial charge in [0.15, 0.2) is 0 Å². The fourth-order valence-corrected chi connectivity index (χ4v) is 1.86. The van der Waals surface area contributed by atoms with Gasteiger partial charge in [-0.3, -0.25) is 4.79 Å². The molecule has 0 radical (unpaired) electrons. The van der Waals surface area contributed by atoms with Gasteiger partial charge in [-0.05, 0) is 37.1 Å². The molecule has 90 valence electrons. The van der Waals surface area contributed by atoms with Gasteiger partial charge in [0.05, 0.1) is 7.11 Å². The molecule has 2 rings (SSSR count). The minimum atomic E-state index is -0.0467. The van der Waals surface area contributed by atoms with Gasteiger partial charge in [-0.25, -0.2) is 0 Å². The number of hydrogen-bond donors (Lipinski definition) is 1. The Morgan fingerprint density at radius 3 is 2.94 bits per heavy atom. The van der Waals surface area contributed by atoms with E-state index in [-0.39, 0.29) is 5.91 Å². The summed E-state index contributed by atoms with van der Waals surface area (Å²) in [5, 5.41) is 2.90. The molecule has 17 heavy (non-hydrogen) atoms. The Kier molecular flexibility index (Phi) is 3.84. The van der Waals surface area contributed by atoms with E-state index in [2.05, 4.69) is 21.2 Å². The zero-order valence-electron chi connectivity index (χ0n) is 9.57. The van der Waals surface area contributed by atoms with Gasteiger partial charge in [0, 0.05) is 22.2 Å². The number of carbonyl (C=O) groups is 1. The maximum atomic E-state index is 11.5. The van der Waals surface area contributed by atoms with Crippen LogP contribution >= 0.6 is 15.9 Å². The van der Waals surface area contributed by atoms with Crippen molar-refractivity contribution in [1.29, 1.82) is 0 Å². The van der Waals surface area contributed by atoms with E-state index in [1.165, 1.54) is 0 Å². The fraction of sp³-hybridized carbons (Fsp3) is 0.308. The molecule has 1 amide bonds. The Morgan fingerprint density at radius 2 is 2.29 bits per heavy atom. The summed E-state index contributed by atoms with van der Waals surface area (Å²) < 4.78 is 6.18. The molecule has 3 nitrogen and oxygen atoms in total. The first-order chi connectivity index (χ1) is 8.19. The van der Waals surface area contributed by atoms with E-state index in [1.807, 2.05) is 18.2 Å². The number of ether oxygens (including phenoxy) is 1. The molecule has 1 aliphatic carbocycles. The predicted molar refractivity (Wildman–Crippen MR) is 70.9 cm³/mol. The molecule has 1 fully saturated rings. The van der Waals surface area contributed by atoms with Crippen molar-refractivity contribution in [2.75, 3.05) is 7.11 Å². The van der Waals surface area contributed by atoms with Gasteiger partial charge in [-0.1, -0.05) is 15.9 Å². The van der Waals surface area contributed by atoms with Crippen LogP contribution in [0.1, 0.15) is 18.4 Å². The Morgan fingerprint density at radius 1 is 1.53 bits per heavy atom. The third-order valence-corrected chi connectivity index (χ3v) is 3.02. The highest BCUT2D eigenvalue weighted by Gasteiger charge is 2.22. The highest BCUT2D eigenvalue weighted by Crippen LogP contribution is 2.24. The van der Waals surface area contributed by atoms with E-state index in [0.717, 1.165) is 28.6 Å². The fourth-order valence-electron chi connectivity index (χ4n) is 1.48. The maximum Gasteiger partial charge on any atom is 0.244 e. The summed E-state index contributed by atoms with van der Waals surface area (Å²) in [6.07, 6.45) is 5.50. The van der Waals surface area contributed by atoms with Gasteiger partial charge in [-0.15, -0.1) is 0 Å².